The lowest BCUT2D eigenvalue weighted by Gasteiger charge is -2.16. The minimum atomic E-state index is -2.98. The molecule has 1 aromatic rings. The van der Waals surface area contributed by atoms with Gasteiger partial charge < -0.3 is 10.7 Å². The van der Waals surface area contributed by atoms with Crippen molar-refractivity contribution in [3.05, 3.63) is 11.9 Å². The van der Waals surface area contributed by atoms with Crippen LogP contribution >= 0.6 is 0 Å². The van der Waals surface area contributed by atoms with Crippen LogP contribution in [-0.4, -0.2) is 36.4 Å². The van der Waals surface area contributed by atoms with E-state index in [4.69, 9.17) is 5.84 Å². The maximum Gasteiger partial charge on any atom is 0.151 e. The molecule has 0 unspecified atom stereocenters. The summed E-state index contributed by atoms with van der Waals surface area (Å²) in [6.45, 7) is 5.94. The number of hydrazine groups is 1. The van der Waals surface area contributed by atoms with E-state index in [-0.39, 0.29) is 17.4 Å². The number of sulfone groups is 1. The first-order chi connectivity index (χ1) is 8.91. The molecule has 0 aliphatic carbocycles. The van der Waals surface area contributed by atoms with Crippen molar-refractivity contribution in [3.8, 4) is 0 Å². The molecule has 0 spiro atoms. The Kier molecular flexibility index (Phi) is 5.49. The van der Waals surface area contributed by atoms with Crippen LogP contribution in [0.25, 0.3) is 0 Å². The Morgan fingerprint density at radius 3 is 2.47 bits per heavy atom. The van der Waals surface area contributed by atoms with E-state index in [1.165, 1.54) is 6.33 Å². The SMILES string of the molecule is CCS(=O)(=O)CCNc1ncnc(NN)c1C(C)C. The van der Waals surface area contributed by atoms with Crippen molar-refractivity contribution in [3.63, 3.8) is 0 Å². The Morgan fingerprint density at radius 1 is 1.32 bits per heavy atom. The molecule has 8 heteroatoms. The van der Waals surface area contributed by atoms with Gasteiger partial charge in [-0.2, -0.15) is 0 Å². The molecule has 4 N–H and O–H groups in total. The average molecular weight is 287 g/mol. The zero-order chi connectivity index (χ0) is 14.5. The molecule has 0 atom stereocenters. The lowest BCUT2D eigenvalue weighted by Crippen LogP contribution is -2.20. The van der Waals surface area contributed by atoms with Crippen LogP contribution in [0.3, 0.4) is 0 Å². The number of hydrogen-bond donors (Lipinski definition) is 3. The van der Waals surface area contributed by atoms with E-state index in [1.54, 1.807) is 6.92 Å². The van der Waals surface area contributed by atoms with Gasteiger partial charge in [-0.3, -0.25) is 0 Å². The average Bonchev–Trinajstić information content (AvgIpc) is 2.37. The molecule has 1 rings (SSSR count). The standard InChI is InChI=1S/C11H21N5O2S/c1-4-19(17,18)6-5-13-10-9(8(2)3)11(16-12)15-7-14-10/h7-8H,4-6,12H2,1-3H3,(H2,13,14,15,16). The van der Waals surface area contributed by atoms with Crippen molar-refractivity contribution in [1.82, 2.24) is 9.97 Å². The molecule has 0 aromatic carbocycles. The van der Waals surface area contributed by atoms with Gasteiger partial charge in [-0.05, 0) is 5.92 Å². The monoisotopic (exact) mass is 287 g/mol. The Labute approximate surface area is 113 Å². The lowest BCUT2D eigenvalue weighted by molar-refractivity contribution is 0.597. The first-order valence-electron chi connectivity index (χ1n) is 6.17. The second-order valence-corrected chi connectivity index (χ2v) is 6.92. The van der Waals surface area contributed by atoms with Crippen molar-refractivity contribution < 1.29 is 8.42 Å². The molecule has 108 valence electrons. The summed E-state index contributed by atoms with van der Waals surface area (Å²) in [5.41, 5.74) is 3.37. The van der Waals surface area contributed by atoms with Crippen LogP contribution < -0.4 is 16.6 Å². The quantitative estimate of drug-likeness (QED) is 0.501. The molecule has 0 fully saturated rings. The highest BCUT2D eigenvalue weighted by Crippen LogP contribution is 2.27. The Morgan fingerprint density at radius 2 is 1.95 bits per heavy atom. The maximum absolute atomic E-state index is 11.4. The molecule has 0 saturated heterocycles. The van der Waals surface area contributed by atoms with Gasteiger partial charge in [0.05, 0.1) is 5.75 Å². The summed E-state index contributed by atoms with van der Waals surface area (Å²) in [5, 5.41) is 3.03. The molecule has 7 nitrogen and oxygen atoms in total. The van der Waals surface area contributed by atoms with Gasteiger partial charge in [-0.15, -0.1) is 0 Å². The third kappa shape index (κ3) is 4.32. The van der Waals surface area contributed by atoms with Crippen molar-refractivity contribution in [2.75, 3.05) is 28.8 Å². The van der Waals surface area contributed by atoms with Gasteiger partial charge in [-0.25, -0.2) is 24.2 Å². The smallest absolute Gasteiger partial charge is 0.151 e. The molecular formula is C11H21N5O2S. The molecule has 0 amide bonds. The maximum atomic E-state index is 11.4. The number of nitrogens with two attached hydrogens (primary N) is 1. The van der Waals surface area contributed by atoms with Gasteiger partial charge in [0, 0.05) is 17.9 Å². The first-order valence-corrected chi connectivity index (χ1v) is 7.99. The van der Waals surface area contributed by atoms with Gasteiger partial charge >= 0.3 is 0 Å². The second kappa shape index (κ2) is 6.67. The minimum absolute atomic E-state index is 0.0798. The van der Waals surface area contributed by atoms with E-state index in [0.29, 0.717) is 18.2 Å². The highest BCUT2D eigenvalue weighted by atomic mass is 32.2. The molecule has 0 radical (unpaired) electrons. The Hall–Kier alpha value is -1.41. The first kappa shape index (κ1) is 15.6. The Bertz CT molecular complexity index is 516. The van der Waals surface area contributed by atoms with E-state index in [2.05, 4.69) is 20.7 Å². The van der Waals surface area contributed by atoms with Crippen LogP contribution in [0.1, 0.15) is 32.3 Å². The van der Waals surface area contributed by atoms with Gasteiger partial charge in [-0.1, -0.05) is 20.8 Å². The van der Waals surface area contributed by atoms with Crippen molar-refractivity contribution in [2.45, 2.75) is 26.7 Å². The third-order valence-electron chi connectivity index (χ3n) is 2.74. The number of aromatic nitrogens is 2. The topological polar surface area (TPSA) is 110 Å². The summed E-state index contributed by atoms with van der Waals surface area (Å²) < 4.78 is 22.9. The zero-order valence-corrected chi connectivity index (χ0v) is 12.3. The van der Waals surface area contributed by atoms with E-state index in [9.17, 15) is 8.42 Å². The number of nitrogens with zero attached hydrogens (tertiary/aromatic N) is 2. The summed E-state index contributed by atoms with van der Waals surface area (Å²) in [7, 11) is -2.98. The molecule has 0 saturated carbocycles. The fourth-order valence-corrected chi connectivity index (χ4v) is 2.37. The fourth-order valence-electron chi connectivity index (χ4n) is 1.67. The molecule has 0 aliphatic rings. The van der Waals surface area contributed by atoms with Gasteiger partial charge in [0.15, 0.2) is 9.84 Å². The fraction of sp³-hybridized carbons (Fsp3) is 0.636. The van der Waals surface area contributed by atoms with E-state index in [1.807, 2.05) is 13.8 Å². The highest BCUT2D eigenvalue weighted by molar-refractivity contribution is 7.91. The van der Waals surface area contributed by atoms with E-state index >= 15 is 0 Å². The van der Waals surface area contributed by atoms with Crippen LogP contribution in [0.2, 0.25) is 0 Å². The van der Waals surface area contributed by atoms with Gasteiger partial charge in [0.2, 0.25) is 0 Å². The van der Waals surface area contributed by atoms with E-state index < -0.39 is 9.84 Å². The molecule has 1 heterocycles. The summed E-state index contributed by atoms with van der Waals surface area (Å²) >= 11 is 0. The molecule has 19 heavy (non-hydrogen) atoms. The normalized spacial score (nSPS) is 11.6. The largest absolute Gasteiger partial charge is 0.369 e. The van der Waals surface area contributed by atoms with Crippen molar-refractivity contribution in [2.24, 2.45) is 5.84 Å². The number of anilines is 2. The highest BCUT2D eigenvalue weighted by Gasteiger charge is 2.15. The Balaban J connectivity index is 2.84. The molecular weight excluding hydrogens is 266 g/mol. The number of hydrogen-bond acceptors (Lipinski definition) is 7. The van der Waals surface area contributed by atoms with Gasteiger partial charge in [0.25, 0.3) is 0 Å². The van der Waals surface area contributed by atoms with Crippen LogP contribution in [0.4, 0.5) is 11.6 Å². The summed E-state index contributed by atoms with van der Waals surface area (Å²) in [6, 6.07) is 0. The van der Waals surface area contributed by atoms with Crippen LogP contribution in [0.15, 0.2) is 6.33 Å². The third-order valence-corrected chi connectivity index (χ3v) is 4.45. The van der Waals surface area contributed by atoms with Crippen LogP contribution in [0.5, 0.6) is 0 Å². The lowest BCUT2D eigenvalue weighted by atomic mass is 10.0. The van der Waals surface area contributed by atoms with Crippen molar-refractivity contribution >= 4 is 21.5 Å². The summed E-state index contributed by atoms with van der Waals surface area (Å²) in [6.07, 6.45) is 1.39. The van der Waals surface area contributed by atoms with E-state index in [0.717, 1.165) is 5.56 Å². The molecule has 0 bridgehead atoms. The molecule has 0 aliphatic heterocycles. The minimum Gasteiger partial charge on any atom is -0.369 e. The summed E-state index contributed by atoms with van der Waals surface area (Å²) in [5.74, 6) is 6.96. The predicted molar refractivity (Wildman–Crippen MR) is 76.7 cm³/mol. The van der Waals surface area contributed by atoms with Crippen molar-refractivity contribution in [1.29, 1.82) is 0 Å². The van der Waals surface area contributed by atoms with Crippen LogP contribution in [0, 0.1) is 0 Å². The zero-order valence-electron chi connectivity index (χ0n) is 11.5. The number of nitrogen functional groups attached to an aromatic ring is 1. The number of nitrogens with one attached hydrogen (secondary N) is 2. The number of rotatable bonds is 7. The van der Waals surface area contributed by atoms with Gasteiger partial charge in [0.1, 0.15) is 18.0 Å². The van der Waals surface area contributed by atoms with Crippen LogP contribution in [-0.2, 0) is 9.84 Å². The second-order valence-electron chi connectivity index (χ2n) is 4.45. The summed E-state index contributed by atoms with van der Waals surface area (Å²) in [4.78, 5) is 8.19. The predicted octanol–water partition coefficient (Wildman–Crippen LogP) is 0.732. The molecule has 1 aromatic heterocycles.